The van der Waals surface area contributed by atoms with E-state index in [0.29, 0.717) is 50.9 Å². The Balaban J connectivity index is 1.48. The average Bonchev–Trinajstić information content (AvgIpc) is 2.86. The Morgan fingerprint density at radius 1 is 0.879 bits per heavy atom. The molecule has 0 aliphatic carbocycles. The number of hydrogen-bond acceptors (Lipinski definition) is 8. The van der Waals surface area contributed by atoms with Gasteiger partial charge in [-0.05, 0) is 51.3 Å². The van der Waals surface area contributed by atoms with Gasteiger partial charge in [-0.1, -0.05) is 0 Å². The first-order chi connectivity index (χ1) is 16.0. The molecule has 0 bridgehead atoms. The van der Waals surface area contributed by atoms with Crippen molar-refractivity contribution in [1.29, 1.82) is 0 Å². The zero-order valence-electron chi connectivity index (χ0n) is 19.4. The van der Waals surface area contributed by atoms with Gasteiger partial charge in [-0.2, -0.15) is 9.29 Å². The van der Waals surface area contributed by atoms with E-state index >= 15 is 0 Å². The van der Waals surface area contributed by atoms with Crippen LogP contribution in [0.2, 0.25) is 0 Å². The van der Waals surface area contributed by atoms with Crippen molar-refractivity contribution in [3.63, 3.8) is 0 Å². The highest BCUT2D eigenvalue weighted by Crippen LogP contribution is 2.32. The van der Waals surface area contributed by atoms with Gasteiger partial charge in [0.05, 0.1) is 13.2 Å². The van der Waals surface area contributed by atoms with Crippen molar-refractivity contribution >= 4 is 21.8 Å². The summed E-state index contributed by atoms with van der Waals surface area (Å²) in [5.74, 6) is 2.47. The van der Waals surface area contributed by atoms with Crippen molar-refractivity contribution in [1.82, 2.24) is 14.3 Å². The maximum atomic E-state index is 13.5. The molecule has 2 aliphatic heterocycles. The molecular weight excluding hydrogens is 442 g/mol. The highest BCUT2D eigenvalue weighted by atomic mass is 32.2. The van der Waals surface area contributed by atoms with Crippen LogP contribution in [0.1, 0.15) is 33.1 Å². The lowest BCUT2D eigenvalue weighted by Crippen LogP contribution is -2.49. The summed E-state index contributed by atoms with van der Waals surface area (Å²) in [7, 11) is -3.73. The first kappa shape index (κ1) is 23.6. The van der Waals surface area contributed by atoms with Gasteiger partial charge in [0.25, 0.3) is 0 Å². The van der Waals surface area contributed by atoms with Crippen LogP contribution in [-0.2, 0) is 10.0 Å². The van der Waals surface area contributed by atoms with Crippen molar-refractivity contribution in [3.05, 3.63) is 30.5 Å². The van der Waals surface area contributed by atoms with E-state index in [2.05, 4.69) is 14.8 Å². The van der Waals surface area contributed by atoms with E-state index in [1.807, 2.05) is 19.9 Å². The normalized spacial score (nSPS) is 17.8. The van der Waals surface area contributed by atoms with Crippen LogP contribution in [0.5, 0.6) is 11.5 Å². The topological polar surface area (TPSA) is 88.1 Å². The molecule has 4 rings (SSSR count). The van der Waals surface area contributed by atoms with Crippen molar-refractivity contribution in [2.75, 3.05) is 62.3 Å². The van der Waals surface area contributed by atoms with E-state index in [1.54, 1.807) is 24.4 Å². The fourth-order valence-electron chi connectivity index (χ4n) is 4.28. The number of piperazine rings is 1. The summed E-state index contributed by atoms with van der Waals surface area (Å²) in [6, 6.07) is 6.86. The highest BCUT2D eigenvalue weighted by molar-refractivity contribution is 7.89. The maximum absolute atomic E-state index is 13.5. The number of anilines is 2. The standard InChI is InChI=1S/C23H33N5O4S/c1-3-31-19-8-9-20(32-4-2)21(18-19)33(29,30)28-16-14-26(15-17-28)22-10-11-24-23(25-22)27-12-6-5-7-13-27/h8-11,18H,3-7,12-17H2,1-2H3. The number of ether oxygens (including phenoxy) is 2. The molecule has 3 heterocycles. The smallest absolute Gasteiger partial charge is 0.247 e. The molecule has 2 aliphatic rings. The van der Waals surface area contributed by atoms with E-state index in [1.165, 1.54) is 23.6 Å². The molecule has 0 spiro atoms. The molecule has 180 valence electrons. The average molecular weight is 476 g/mol. The Labute approximate surface area is 196 Å². The number of hydrogen-bond donors (Lipinski definition) is 0. The molecule has 1 aromatic heterocycles. The summed E-state index contributed by atoms with van der Waals surface area (Å²) in [4.78, 5) is 13.7. The predicted octanol–water partition coefficient (Wildman–Crippen LogP) is 2.78. The quantitative estimate of drug-likeness (QED) is 0.576. The summed E-state index contributed by atoms with van der Waals surface area (Å²) in [5, 5.41) is 0. The number of aromatic nitrogens is 2. The Bertz CT molecular complexity index is 1030. The van der Waals surface area contributed by atoms with Gasteiger partial charge >= 0.3 is 0 Å². The maximum Gasteiger partial charge on any atom is 0.247 e. The molecule has 0 radical (unpaired) electrons. The summed E-state index contributed by atoms with van der Waals surface area (Å²) in [6.07, 6.45) is 5.38. The first-order valence-electron chi connectivity index (χ1n) is 11.8. The van der Waals surface area contributed by atoms with Gasteiger partial charge in [0, 0.05) is 51.5 Å². The van der Waals surface area contributed by atoms with Gasteiger partial charge in [0.15, 0.2) is 0 Å². The van der Waals surface area contributed by atoms with Gasteiger partial charge in [-0.25, -0.2) is 13.4 Å². The molecule has 2 fully saturated rings. The Kier molecular flexibility index (Phi) is 7.54. The van der Waals surface area contributed by atoms with Gasteiger partial charge in [0.2, 0.25) is 16.0 Å². The molecule has 0 atom stereocenters. The minimum atomic E-state index is -3.73. The monoisotopic (exact) mass is 475 g/mol. The second-order valence-electron chi connectivity index (χ2n) is 8.13. The zero-order chi connectivity index (χ0) is 23.3. The molecule has 33 heavy (non-hydrogen) atoms. The van der Waals surface area contributed by atoms with Crippen LogP contribution in [0.4, 0.5) is 11.8 Å². The summed E-state index contributed by atoms with van der Waals surface area (Å²) in [5.41, 5.74) is 0. The van der Waals surface area contributed by atoms with Crippen LogP contribution in [0.3, 0.4) is 0 Å². The van der Waals surface area contributed by atoms with Crippen LogP contribution >= 0.6 is 0 Å². The molecule has 2 aromatic rings. The van der Waals surface area contributed by atoms with E-state index in [-0.39, 0.29) is 4.90 Å². The zero-order valence-corrected chi connectivity index (χ0v) is 20.3. The third-order valence-electron chi connectivity index (χ3n) is 5.97. The number of sulfonamides is 1. The third-order valence-corrected chi connectivity index (χ3v) is 7.89. The fourth-order valence-corrected chi connectivity index (χ4v) is 5.85. The molecule has 0 saturated carbocycles. The molecule has 0 unspecified atom stereocenters. The molecule has 0 amide bonds. The van der Waals surface area contributed by atoms with Gasteiger partial charge in [-0.3, -0.25) is 0 Å². The van der Waals surface area contributed by atoms with Crippen LogP contribution in [0.15, 0.2) is 35.4 Å². The second kappa shape index (κ2) is 10.6. The summed E-state index contributed by atoms with van der Waals surface area (Å²) < 4.78 is 39.6. The fraction of sp³-hybridized carbons (Fsp3) is 0.565. The number of rotatable bonds is 8. The molecule has 10 heteroatoms. The van der Waals surface area contributed by atoms with Crippen molar-refractivity contribution in [2.24, 2.45) is 0 Å². The van der Waals surface area contributed by atoms with E-state index < -0.39 is 10.0 Å². The largest absolute Gasteiger partial charge is 0.494 e. The predicted molar refractivity (Wildman–Crippen MR) is 128 cm³/mol. The van der Waals surface area contributed by atoms with E-state index in [0.717, 1.165) is 24.9 Å². The molecule has 1 aromatic carbocycles. The number of piperidine rings is 1. The lowest BCUT2D eigenvalue weighted by molar-refractivity contribution is 0.319. The van der Waals surface area contributed by atoms with Crippen LogP contribution in [0, 0.1) is 0 Å². The first-order valence-corrected chi connectivity index (χ1v) is 13.2. The third kappa shape index (κ3) is 5.33. The SMILES string of the molecule is CCOc1ccc(OCC)c(S(=O)(=O)N2CCN(c3ccnc(N4CCCCC4)n3)CC2)c1. The number of nitrogens with zero attached hydrogens (tertiary/aromatic N) is 5. The summed E-state index contributed by atoms with van der Waals surface area (Å²) in [6.45, 7) is 8.39. The van der Waals surface area contributed by atoms with Crippen LogP contribution in [-0.4, -0.2) is 75.2 Å². The lowest BCUT2D eigenvalue weighted by atomic mass is 10.1. The van der Waals surface area contributed by atoms with Crippen LogP contribution in [0.25, 0.3) is 0 Å². The Hall–Kier alpha value is -2.59. The number of benzene rings is 1. The van der Waals surface area contributed by atoms with Crippen LogP contribution < -0.4 is 19.3 Å². The van der Waals surface area contributed by atoms with Crippen molar-refractivity contribution in [2.45, 2.75) is 38.0 Å². The van der Waals surface area contributed by atoms with Crippen molar-refractivity contribution in [3.8, 4) is 11.5 Å². The molecular formula is C23H33N5O4S. The minimum Gasteiger partial charge on any atom is -0.494 e. The van der Waals surface area contributed by atoms with Gasteiger partial charge < -0.3 is 19.3 Å². The van der Waals surface area contributed by atoms with Crippen molar-refractivity contribution < 1.29 is 17.9 Å². The minimum absolute atomic E-state index is 0.151. The summed E-state index contributed by atoms with van der Waals surface area (Å²) >= 11 is 0. The second-order valence-corrected chi connectivity index (χ2v) is 10.0. The molecule has 0 N–H and O–H groups in total. The molecule has 2 saturated heterocycles. The van der Waals surface area contributed by atoms with E-state index in [9.17, 15) is 8.42 Å². The van der Waals surface area contributed by atoms with E-state index in [4.69, 9.17) is 14.5 Å². The van der Waals surface area contributed by atoms with Gasteiger partial charge in [-0.15, -0.1) is 0 Å². The lowest BCUT2D eigenvalue weighted by Gasteiger charge is -2.35. The Morgan fingerprint density at radius 2 is 1.61 bits per heavy atom. The highest BCUT2D eigenvalue weighted by Gasteiger charge is 2.32. The molecule has 9 nitrogen and oxygen atoms in total. The Morgan fingerprint density at radius 3 is 2.30 bits per heavy atom. The van der Waals surface area contributed by atoms with Gasteiger partial charge in [0.1, 0.15) is 22.2 Å².